The van der Waals surface area contributed by atoms with Crippen LogP contribution >= 0.6 is 0 Å². The van der Waals surface area contributed by atoms with Gasteiger partial charge in [-0.3, -0.25) is 4.79 Å². The van der Waals surface area contributed by atoms with E-state index in [2.05, 4.69) is 0 Å². The number of aryl methyl sites for hydroxylation is 1. The van der Waals surface area contributed by atoms with Crippen molar-refractivity contribution < 1.29 is 22.4 Å². The number of carbonyl (C=O) groups is 1. The summed E-state index contributed by atoms with van der Waals surface area (Å²) >= 11 is 0. The van der Waals surface area contributed by atoms with Crippen molar-refractivity contribution in [2.75, 3.05) is 25.7 Å². The van der Waals surface area contributed by atoms with Gasteiger partial charge in [-0.05, 0) is 31.0 Å². The number of hydrogen-bond donors (Lipinski definition) is 0. The predicted molar refractivity (Wildman–Crippen MR) is 97.3 cm³/mol. The molecule has 0 unspecified atom stereocenters. The number of methoxy groups -OCH3 is 1. The molecular weight excluding hydrogens is 358 g/mol. The van der Waals surface area contributed by atoms with Crippen molar-refractivity contribution in [2.45, 2.75) is 25.8 Å². The first-order chi connectivity index (χ1) is 12.2. The molecule has 1 aliphatic rings. The van der Waals surface area contributed by atoms with Gasteiger partial charge < -0.3 is 14.1 Å². The van der Waals surface area contributed by atoms with Gasteiger partial charge in [0.25, 0.3) is 0 Å². The van der Waals surface area contributed by atoms with Crippen molar-refractivity contribution in [2.24, 2.45) is 0 Å². The summed E-state index contributed by atoms with van der Waals surface area (Å²) in [7, 11) is 0.0214. The van der Waals surface area contributed by atoms with Crippen LogP contribution in [0.15, 0.2) is 27.4 Å². The van der Waals surface area contributed by atoms with Crippen molar-refractivity contribution in [1.29, 1.82) is 0 Å². The van der Waals surface area contributed by atoms with E-state index in [1.165, 1.54) is 12.0 Å². The van der Waals surface area contributed by atoms with E-state index in [0.717, 1.165) is 5.39 Å². The van der Waals surface area contributed by atoms with Gasteiger partial charge >= 0.3 is 5.63 Å². The van der Waals surface area contributed by atoms with Gasteiger partial charge in [0.1, 0.15) is 11.3 Å². The molecule has 0 saturated carbocycles. The molecule has 1 saturated heterocycles. The van der Waals surface area contributed by atoms with Gasteiger partial charge in [0.05, 0.1) is 30.6 Å². The molecule has 1 aliphatic heterocycles. The van der Waals surface area contributed by atoms with Crippen LogP contribution < -0.4 is 10.4 Å². The second-order valence-electron chi connectivity index (χ2n) is 6.59. The summed E-state index contributed by atoms with van der Waals surface area (Å²) in [5.74, 6) is 0.343. The van der Waals surface area contributed by atoms with Crippen LogP contribution in [0.4, 0.5) is 0 Å². The van der Waals surface area contributed by atoms with Gasteiger partial charge in [-0.15, -0.1) is 0 Å². The fourth-order valence-corrected chi connectivity index (χ4v) is 5.04. The first-order valence-corrected chi connectivity index (χ1v) is 10.1. The zero-order chi connectivity index (χ0) is 19.1. The Morgan fingerprint density at radius 2 is 2.12 bits per heavy atom. The van der Waals surface area contributed by atoms with Gasteiger partial charge in [0.2, 0.25) is 5.91 Å². The lowest BCUT2D eigenvalue weighted by Gasteiger charge is -2.23. The maximum atomic E-state index is 12.6. The van der Waals surface area contributed by atoms with Crippen LogP contribution in [0.2, 0.25) is 0 Å². The van der Waals surface area contributed by atoms with E-state index in [9.17, 15) is 18.0 Å². The van der Waals surface area contributed by atoms with Crippen LogP contribution in [0.5, 0.6) is 5.75 Å². The number of fused-ring (bicyclic) bond motifs is 1. The first-order valence-electron chi connectivity index (χ1n) is 8.28. The zero-order valence-electron chi connectivity index (χ0n) is 14.9. The second kappa shape index (κ2) is 6.75. The van der Waals surface area contributed by atoms with Crippen molar-refractivity contribution in [3.05, 3.63) is 39.7 Å². The van der Waals surface area contributed by atoms with Crippen LogP contribution in [0.1, 0.15) is 17.5 Å². The van der Waals surface area contributed by atoms with E-state index in [-0.39, 0.29) is 29.9 Å². The molecule has 0 bridgehead atoms. The second-order valence-corrected chi connectivity index (χ2v) is 8.82. The summed E-state index contributed by atoms with van der Waals surface area (Å²) in [6, 6.07) is 4.83. The minimum atomic E-state index is -3.08. The van der Waals surface area contributed by atoms with Crippen molar-refractivity contribution in [1.82, 2.24) is 4.90 Å². The molecule has 3 rings (SSSR count). The summed E-state index contributed by atoms with van der Waals surface area (Å²) in [6.45, 7) is 1.77. The number of hydrogen-bond acceptors (Lipinski definition) is 6. The molecule has 1 aromatic carbocycles. The molecule has 1 aromatic heterocycles. The lowest BCUT2D eigenvalue weighted by Crippen LogP contribution is -2.39. The Balaban J connectivity index is 1.88. The Labute approximate surface area is 151 Å². The highest BCUT2D eigenvalue weighted by Crippen LogP contribution is 2.25. The molecule has 0 N–H and O–H groups in total. The van der Waals surface area contributed by atoms with E-state index in [4.69, 9.17) is 9.15 Å². The van der Waals surface area contributed by atoms with E-state index >= 15 is 0 Å². The number of rotatable bonds is 4. The quantitative estimate of drug-likeness (QED) is 0.743. The Morgan fingerprint density at radius 1 is 1.38 bits per heavy atom. The van der Waals surface area contributed by atoms with E-state index in [0.29, 0.717) is 28.9 Å². The molecule has 0 radical (unpaired) electrons. The highest BCUT2D eigenvalue weighted by Gasteiger charge is 2.33. The summed E-state index contributed by atoms with van der Waals surface area (Å²) in [5, 5.41) is 0.735. The highest BCUT2D eigenvalue weighted by molar-refractivity contribution is 7.91. The third kappa shape index (κ3) is 3.46. The van der Waals surface area contributed by atoms with E-state index in [1.54, 1.807) is 32.2 Å². The van der Waals surface area contributed by atoms with Crippen molar-refractivity contribution >= 4 is 26.7 Å². The lowest BCUT2D eigenvalue weighted by atomic mass is 10.0. The van der Waals surface area contributed by atoms with Crippen LogP contribution in [0.3, 0.4) is 0 Å². The number of ether oxygens (including phenoxy) is 1. The summed E-state index contributed by atoms with van der Waals surface area (Å²) in [5.41, 5.74) is 0.808. The zero-order valence-corrected chi connectivity index (χ0v) is 15.8. The van der Waals surface area contributed by atoms with Gasteiger partial charge in [-0.1, -0.05) is 0 Å². The van der Waals surface area contributed by atoms with Crippen molar-refractivity contribution in [3.63, 3.8) is 0 Å². The standard InChI is InChI=1S/C18H21NO6S/c1-11-14-5-4-13(24-3)8-16(14)25-18(21)15(11)9-17(20)19(2)12-6-7-26(22,23)10-12/h4-5,8,12H,6-7,9-10H2,1-3H3/t12-/m0/s1. The van der Waals surface area contributed by atoms with Crippen molar-refractivity contribution in [3.8, 4) is 5.75 Å². The molecule has 140 valence electrons. The normalized spacial score (nSPS) is 18.8. The summed E-state index contributed by atoms with van der Waals surface area (Å²) in [4.78, 5) is 26.4. The lowest BCUT2D eigenvalue weighted by molar-refractivity contribution is -0.130. The first kappa shape index (κ1) is 18.4. The van der Waals surface area contributed by atoms with Gasteiger partial charge in [0, 0.05) is 24.5 Å². The molecule has 8 heteroatoms. The average Bonchev–Trinajstić information content (AvgIpc) is 2.97. The molecule has 7 nitrogen and oxygen atoms in total. The third-order valence-electron chi connectivity index (χ3n) is 4.97. The Bertz CT molecular complexity index is 1020. The largest absolute Gasteiger partial charge is 0.497 e. The Hall–Kier alpha value is -2.35. The molecule has 1 atom stereocenters. The fraction of sp³-hybridized carbons (Fsp3) is 0.444. The van der Waals surface area contributed by atoms with Crippen LogP contribution in [0, 0.1) is 6.92 Å². The topological polar surface area (TPSA) is 93.9 Å². The Morgan fingerprint density at radius 3 is 2.73 bits per heavy atom. The summed E-state index contributed by atoms with van der Waals surface area (Å²) in [6.07, 6.45) is 0.304. The molecule has 2 aromatic rings. The average molecular weight is 379 g/mol. The van der Waals surface area contributed by atoms with Gasteiger partial charge in [0.15, 0.2) is 9.84 Å². The molecule has 1 fully saturated rings. The van der Waals surface area contributed by atoms with Crippen LogP contribution in [-0.4, -0.2) is 50.9 Å². The minimum absolute atomic E-state index is 0.0274. The monoisotopic (exact) mass is 379 g/mol. The van der Waals surface area contributed by atoms with E-state index in [1.807, 2.05) is 0 Å². The maximum Gasteiger partial charge on any atom is 0.340 e. The summed E-state index contributed by atoms with van der Waals surface area (Å²) < 4.78 is 33.7. The fourth-order valence-electron chi connectivity index (χ4n) is 3.27. The highest BCUT2D eigenvalue weighted by atomic mass is 32.2. The molecule has 2 heterocycles. The predicted octanol–water partition coefficient (Wildman–Crippen LogP) is 1.30. The van der Waals surface area contributed by atoms with Gasteiger partial charge in [-0.25, -0.2) is 13.2 Å². The molecule has 1 amide bonds. The minimum Gasteiger partial charge on any atom is -0.497 e. The third-order valence-corrected chi connectivity index (χ3v) is 6.72. The molecule has 26 heavy (non-hydrogen) atoms. The SMILES string of the molecule is COc1ccc2c(C)c(CC(=O)N(C)[C@H]3CCS(=O)(=O)C3)c(=O)oc2c1. The Kier molecular flexibility index (Phi) is 4.79. The van der Waals surface area contributed by atoms with E-state index < -0.39 is 15.5 Å². The maximum absolute atomic E-state index is 12.6. The smallest absolute Gasteiger partial charge is 0.340 e. The number of likely N-dealkylation sites (N-methyl/N-ethyl adjacent to an activating group) is 1. The van der Waals surface area contributed by atoms with Crippen LogP contribution in [-0.2, 0) is 21.1 Å². The number of benzene rings is 1. The number of carbonyl (C=O) groups excluding carboxylic acids is 1. The molecule has 0 aliphatic carbocycles. The van der Waals surface area contributed by atoms with Crippen LogP contribution in [0.25, 0.3) is 11.0 Å². The van der Waals surface area contributed by atoms with Gasteiger partial charge in [-0.2, -0.15) is 0 Å². The molecule has 0 spiro atoms. The number of sulfone groups is 1. The number of nitrogens with zero attached hydrogens (tertiary/aromatic N) is 1. The molecular formula is C18H21NO6S. The number of amides is 1.